The molecule has 1 fully saturated rings. The van der Waals surface area contributed by atoms with Crippen LogP contribution in [0.25, 0.3) is 0 Å². The Labute approximate surface area is 161 Å². The molecule has 1 aromatic carbocycles. The van der Waals surface area contributed by atoms with Gasteiger partial charge in [0, 0.05) is 19.1 Å². The summed E-state index contributed by atoms with van der Waals surface area (Å²) in [5, 5.41) is 9.63. The molecule has 0 spiro atoms. The number of amides is 1. The average molecular weight is 447 g/mol. The fourth-order valence-electron chi connectivity index (χ4n) is 2.86. The number of nitrogens with two attached hydrogens (primary N) is 1. The molecule has 1 aromatic heterocycles. The average Bonchev–Trinajstić information content (AvgIpc) is 3.03. The fraction of sp³-hybridized carbons (Fsp3) is 0.412. The van der Waals surface area contributed by atoms with Crippen LogP contribution < -0.4 is 10.5 Å². The van der Waals surface area contributed by atoms with Crippen molar-refractivity contribution in [3.8, 4) is 5.75 Å². The Hall–Kier alpha value is -2.04. The molecular weight excluding hydrogens is 430 g/mol. The van der Waals surface area contributed by atoms with Gasteiger partial charge in [0.1, 0.15) is 11.4 Å². The monoisotopic (exact) mass is 446 g/mol. The normalized spacial score (nSPS) is 16.3. The number of nitrogens with zero attached hydrogens (tertiary/aromatic N) is 1. The number of primary amides is 1. The van der Waals surface area contributed by atoms with Gasteiger partial charge in [-0.1, -0.05) is 0 Å². The fourth-order valence-corrected chi connectivity index (χ4v) is 3.44. The van der Waals surface area contributed by atoms with Crippen molar-refractivity contribution >= 4 is 21.8 Å². The summed E-state index contributed by atoms with van der Waals surface area (Å²) in [6.07, 6.45) is 0.378. The highest BCUT2D eigenvalue weighted by atomic mass is 79.9. The van der Waals surface area contributed by atoms with E-state index in [-0.39, 0.29) is 11.8 Å². The van der Waals surface area contributed by atoms with E-state index in [1.807, 2.05) is 0 Å². The summed E-state index contributed by atoms with van der Waals surface area (Å²) < 4.78 is 44.6. The van der Waals surface area contributed by atoms with Crippen molar-refractivity contribution in [1.29, 1.82) is 0 Å². The molecule has 1 aliphatic heterocycles. The van der Waals surface area contributed by atoms with Crippen molar-refractivity contribution < 1.29 is 32.6 Å². The largest absolute Gasteiger partial charge is 0.475 e. The van der Waals surface area contributed by atoms with Crippen molar-refractivity contribution in [2.75, 3.05) is 19.8 Å². The zero-order valence-corrected chi connectivity index (χ0v) is 15.7. The molecule has 2 aromatic rings. The number of carbonyl (C=O) groups is 1. The Morgan fingerprint density at radius 1 is 1.41 bits per heavy atom. The Bertz CT molecular complexity index is 839. The van der Waals surface area contributed by atoms with Crippen LogP contribution in [0.4, 0.5) is 8.78 Å². The molecule has 27 heavy (non-hydrogen) atoms. The second kappa shape index (κ2) is 8.32. The number of aromatic nitrogens is 1. The number of hydrogen-bond acceptors (Lipinski definition) is 6. The minimum atomic E-state index is -1.27. The van der Waals surface area contributed by atoms with Crippen LogP contribution in [0.1, 0.15) is 46.8 Å². The van der Waals surface area contributed by atoms with Gasteiger partial charge in [0.2, 0.25) is 5.89 Å². The first kappa shape index (κ1) is 19.7. The van der Waals surface area contributed by atoms with Crippen molar-refractivity contribution in [2.24, 2.45) is 5.73 Å². The van der Waals surface area contributed by atoms with E-state index in [1.54, 1.807) is 0 Å². The van der Waals surface area contributed by atoms with Gasteiger partial charge in [-0.15, -0.1) is 0 Å². The summed E-state index contributed by atoms with van der Waals surface area (Å²) in [7, 11) is 0. The molecule has 7 nitrogen and oxygen atoms in total. The third kappa shape index (κ3) is 4.12. The van der Waals surface area contributed by atoms with E-state index in [0.29, 0.717) is 23.6 Å². The summed E-state index contributed by atoms with van der Waals surface area (Å²) >= 11 is 3.30. The molecular formula is C17H17BrF2N2O5. The van der Waals surface area contributed by atoms with Crippen LogP contribution in [0.3, 0.4) is 0 Å². The third-order valence-corrected chi connectivity index (χ3v) is 4.81. The van der Waals surface area contributed by atoms with Gasteiger partial charge in [0.25, 0.3) is 5.91 Å². The summed E-state index contributed by atoms with van der Waals surface area (Å²) in [5.74, 6) is -3.93. The highest BCUT2D eigenvalue weighted by Crippen LogP contribution is 2.35. The summed E-state index contributed by atoms with van der Waals surface area (Å²) in [6.45, 7) is 0.634. The van der Waals surface area contributed by atoms with Crippen molar-refractivity contribution in [3.05, 3.63) is 45.6 Å². The lowest BCUT2D eigenvalue weighted by Gasteiger charge is -2.20. The van der Waals surface area contributed by atoms with Crippen molar-refractivity contribution in [3.63, 3.8) is 0 Å². The van der Waals surface area contributed by atoms with Crippen LogP contribution in [0.15, 0.2) is 21.2 Å². The van der Waals surface area contributed by atoms with Gasteiger partial charge in [0.05, 0.1) is 12.3 Å². The molecule has 0 saturated carbocycles. The standard InChI is InChI=1S/C17H17BrF2N2O5/c18-15-14(8-3-5-25-6-4-8)22-17(27-15)11(7-23)26-10-2-1-9(19)12(13(10)20)16(21)24/h1-2,8,11,23H,3-7H2,(H2,21,24). The Morgan fingerprint density at radius 2 is 2.11 bits per heavy atom. The molecule has 146 valence electrons. The first-order valence-corrected chi connectivity index (χ1v) is 9.00. The van der Waals surface area contributed by atoms with Gasteiger partial charge in [0.15, 0.2) is 22.3 Å². The zero-order chi connectivity index (χ0) is 19.6. The summed E-state index contributed by atoms with van der Waals surface area (Å²) in [4.78, 5) is 15.6. The van der Waals surface area contributed by atoms with Gasteiger partial charge in [-0.25, -0.2) is 13.8 Å². The van der Waals surface area contributed by atoms with E-state index in [0.717, 1.165) is 25.0 Å². The summed E-state index contributed by atoms with van der Waals surface area (Å²) in [6, 6.07) is 1.85. The third-order valence-electron chi connectivity index (χ3n) is 4.25. The summed E-state index contributed by atoms with van der Waals surface area (Å²) in [5.41, 5.74) is 4.74. The van der Waals surface area contributed by atoms with E-state index < -0.39 is 41.6 Å². The minimum absolute atomic E-state index is 0.0233. The molecule has 0 aliphatic carbocycles. The lowest BCUT2D eigenvalue weighted by Crippen LogP contribution is -2.18. The number of carbonyl (C=O) groups excluding carboxylic acids is 1. The van der Waals surface area contributed by atoms with Crippen LogP contribution >= 0.6 is 15.9 Å². The molecule has 2 heterocycles. The number of benzene rings is 1. The first-order valence-electron chi connectivity index (χ1n) is 8.21. The zero-order valence-electron chi connectivity index (χ0n) is 14.1. The molecule has 1 saturated heterocycles. The quantitative estimate of drug-likeness (QED) is 0.706. The van der Waals surface area contributed by atoms with E-state index in [9.17, 15) is 18.7 Å². The number of oxazole rings is 1. The second-order valence-electron chi connectivity index (χ2n) is 5.99. The predicted octanol–water partition coefficient (Wildman–Crippen LogP) is 2.82. The van der Waals surface area contributed by atoms with Gasteiger partial charge in [-0.3, -0.25) is 4.79 Å². The number of aliphatic hydroxyl groups is 1. The van der Waals surface area contributed by atoms with E-state index in [4.69, 9.17) is 19.6 Å². The SMILES string of the molecule is NC(=O)c1c(F)ccc(OC(CO)c2nc(C3CCOCC3)c(Br)o2)c1F. The Morgan fingerprint density at radius 3 is 2.74 bits per heavy atom. The maximum absolute atomic E-state index is 14.4. The highest BCUT2D eigenvalue weighted by Gasteiger charge is 2.28. The number of rotatable bonds is 6. The highest BCUT2D eigenvalue weighted by molar-refractivity contribution is 9.10. The number of ether oxygens (including phenoxy) is 2. The Balaban J connectivity index is 1.86. The van der Waals surface area contributed by atoms with Crippen LogP contribution in [-0.4, -0.2) is 35.8 Å². The smallest absolute Gasteiger partial charge is 0.254 e. The molecule has 1 atom stereocenters. The van der Waals surface area contributed by atoms with E-state index >= 15 is 0 Å². The van der Waals surface area contributed by atoms with Crippen molar-refractivity contribution in [1.82, 2.24) is 4.98 Å². The molecule has 1 amide bonds. The topological polar surface area (TPSA) is 108 Å². The molecule has 3 N–H and O–H groups in total. The molecule has 1 aliphatic rings. The molecule has 3 rings (SSSR count). The molecule has 1 unspecified atom stereocenters. The maximum Gasteiger partial charge on any atom is 0.254 e. The predicted molar refractivity (Wildman–Crippen MR) is 92.3 cm³/mol. The van der Waals surface area contributed by atoms with Crippen molar-refractivity contribution in [2.45, 2.75) is 24.9 Å². The van der Waals surface area contributed by atoms with Crippen LogP contribution in [0, 0.1) is 11.6 Å². The van der Waals surface area contributed by atoms with Gasteiger partial charge < -0.3 is 24.7 Å². The Kier molecular flexibility index (Phi) is 6.08. The minimum Gasteiger partial charge on any atom is -0.475 e. The molecule has 10 heteroatoms. The second-order valence-corrected chi connectivity index (χ2v) is 6.71. The maximum atomic E-state index is 14.4. The lowest BCUT2D eigenvalue weighted by atomic mass is 9.97. The lowest BCUT2D eigenvalue weighted by molar-refractivity contribution is 0.0838. The number of aliphatic hydroxyl groups excluding tert-OH is 1. The molecule has 0 bridgehead atoms. The van der Waals surface area contributed by atoms with Crippen LogP contribution in [0.5, 0.6) is 5.75 Å². The van der Waals surface area contributed by atoms with E-state index in [1.165, 1.54) is 0 Å². The van der Waals surface area contributed by atoms with E-state index in [2.05, 4.69) is 20.9 Å². The van der Waals surface area contributed by atoms with Crippen LogP contribution in [0.2, 0.25) is 0 Å². The number of halogens is 3. The van der Waals surface area contributed by atoms with Gasteiger partial charge >= 0.3 is 0 Å². The van der Waals surface area contributed by atoms with Crippen LogP contribution in [-0.2, 0) is 4.74 Å². The molecule has 0 radical (unpaired) electrons. The van der Waals surface area contributed by atoms with Gasteiger partial charge in [-0.05, 0) is 40.9 Å². The number of hydrogen-bond donors (Lipinski definition) is 2. The first-order chi connectivity index (χ1) is 12.9. The van der Waals surface area contributed by atoms with Gasteiger partial charge in [-0.2, -0.15) is 0 Å².